The molecular formula is C16H21NO3S. The maximum absolute atomic E-state index is 12.2. The highest BCUT2D eigenvalue weighted by Gasteiger charge is 2.16. The Kier molecular flexibility index (Phi) is 5.99. The Labute approximate surface area is 128 Å². The van der Waals surface area contributed by atoms with E-state index in [2.05, 4.69) is 5.32 Å². The van der Waals surface area contributed by atoms with Gasteiger partial charge in [0.15, 0.2) is 0 Å². The van der Waals surface area contributed by atoms with Crippen LogP contribution in [0.5, 0.6) is 0 Å². The molecule has 2 rings (SSSR count). The molecule has 0 spiro atoms. The van der Waals surface area contributed by atoms with E-state index < -0.39 is 5.97 Å². The Bertz CT molecular complexity index is 513. The van der Waals surface area contributed by atoms with Gasteiger partial charge in [-0.2, -0.15) is 0 Å². The SMILES string of the molecule is O=C(O)C=Cc1ccc(C(=O)NC2CCCCCCC2)s1. The molecule has 0 radical (unpaired) electrons. The van der Waals surface area contributed by atoms with Gasteiger partial charge in [0.1, 0.15) is 0 Å². The lowest BCUT2D eigenvalue weighted by Gasteiger charge is -2.20. The topological polar surface area (TPSA) is 66.4 Å². The fourth-order valence-corrected chi connectivity index (χ4v) is 3.39. The fraction of sp³-hybridized carbons (Fsp3) is 0.500. The Balaban J connectivity index is 1.91. The van der Waals surface area contributed by atoms with Gasteiger partial charge in [-0.05, 0) is 31.1 Å². The highest BCUT2D eigenvalue weighted by Crippen LogP contribution is 2.20. The third-order valence-corrected chi connectivity index (χ3v) is 4.73. The molecule has 1 aromatic heterocycles. The maximum Gasteiger partial charge on any atom is 0.328 e. The van der Waals surface area contributed by atoms with Crippen LogP contribution in [0.1, 0.15) is 59.5 Å². The Hall–Kier alpha value is -1.62. The predicted octanol–water partition coefficient (Wildman–Crippen LogP) is 3.69. The van der Waals surface area contributed by atoms with Gasteiger partial charge in [-0.15, -0.1) is 11.3 Å². The zero-order valence-corrected chi connectivity index (χ0v) is 12.8. The average Bonchev–Trinajstić information content (AvgIpc) is 2.88. The molecule has 0 aromatic carbocycles. The van der Waals surface area contributed by atoms with Crippen molar-refractivity contribution in [1.29, 1.82) is 0 Å². The molecule has 1 heterocycles. The third-order valence-electron chi connectivity index (χ3n) is 3.68. The number of aliphatic carboxylic acids is 1. The number of carbonyl (C=O) groups is 2. The summed E-state index contributed by atoms with van der Waals surface area (Å²) in [5.74, 6) is -1.02. The summed E-state index contributed by atoms with van der Waals surface area (Å²) in [5.41, 5.74) is 0. The lowest BCUT2D eigenvalue weighted by atomic mass is 9.97. The van der Waals surface area contributed by atoms with Crippen LogP contribution in [0.25, 0.3) is 6.08 Å². The van der Waals surface area contributed by atoms with E-state index in [1.807, 2.05) is 0 Å². The summed E-state index contributed by atoms with van der Waals surface area (Å²) < 4.78 is 0. The van der Waals surface area contributed by atoms with Crippen molar-refractivity contribution in [3.05, 3.63) is 28.0 Å². The van der Waals surface area contributed by atoms with Crippen LogP contribution >= 0.6 is 11.3 Å². The number of carboxylic acids is 1. The van der Waals surface area contributed by atoms with Gasteiger partial charge in [0.25, 0.3) is 5.91 Å². The monoisotopic (exact) mass is 307 g/mol. The fourth-order valence-electron chi connectivity index (χ4n) is 2.57. The van der Waals surface area contributed by atoms with Gasteiger partial charge in [-0.3, -0.25) is 4.79 Å². The minimum absolute atomic E-state index is 0.0412. The molecule has 2 N–H and O–H groups in total. The molecule has 0 aliphatic heterocycles. The normalized spacial score (nSPS) is 17.3. The van der Waals surface area contributed by atoms with Crippen molar-refractivity contribution in [1.82, 2.24) is 5.32 Å². The number of rotatable bonds is 4. The minimum atomic E-state index is -0.982. The molecule has 1 aliphatic carbocycles. The number of carbonyl (C=O) groups excluding carboxylic acids is 1. The van der Waals surface area contributed by atoms with Crippen LogP contribution in [-0.4, -0.2) is 23.0 Å². The van der Waals surface area contributed by atoms with Crippen LogP contribution in [0.15, 0.2) is 18.2 Å². The molecule has 1 fully saturated rings. The molecule has 0 saturated heterocycles. The Morgan fingerprint density at radius 3 is 2.48 bits per heavy atom. The summed E-state index contributed by atoms with van der Waals surface area (Å²) in [6, 6.07) is 3.81. The first kappa shape index (κ1) is 15.8. The van der Waals surface area contributed by atoms with E-state index in [0.29, 0.717) is 4.88 Å². The van der Waals surface area contributed by atoms with Crippen molar-refractivity contribution in [3.63, 3.8) is 0 Å². The Morgan fingerprint density at radius 2 is 1.81 bits per heavy atom. The van der Waals surface area contributed by atoms with Gasteiger partial charge < -0.3 is 10.4 Å². The second kappa shape index (κ2) is 7.98. The van der Waals surface area contributed by atoms with Gasteiger partial charge in [-0.1, -0.05) is 32.1 Å². The highest BCUT2D eigenvalue weighted by molar-refractivity contribution is 7.14. The van der Waals surface area contributed by atoms with Crippen LogP contribution in [0.3, 0.4) is 0 Å². The lowest BCUT2D eigenvalue weighted by molar-refractivity contribution is -0.131. The molecular weight excluding hydrogens is 286 g/mol. The molecule has 1 amide bonds. The molecule has 1 aliphatic rings. The van der Waals surface area contributed by atoms with Crippen LogP contribution in [0, 0.1) is 0 Å². The first-order valence-electron chi connectivity index (χ1n) is 7.47. The summed E-state index contributed by atoms with van der Waals surface area (Å²) in [5, 5.41) is 11.7. The molecule has 1 saturated carbocycles. The first-order chi connectivity index (χ1) is 10.1. The van der Waals surface area contributed by atoms with Crippen molar-refractivity contribution in [2.75, 3.05) is 0 Å². The van der Waals surface area contributed by atoms with E-state index in [-0.39, 0.29) is 11.9 Å². The van der Waals surface area contributed by atoms with Crippen LogP contribution < -0.4 is 5.32 Å². The third kappa shape index (κ3) is 5.34. The predicted molar refractivity (Wildman–Crippen MR) is 84.6 cm³/mol. The van der Waals surface area contributed by atoms with E-state index >= 15 is 0 Å². The molecule has 21 heavy (non-hydrogen) atoms. The van der Waals surface area contributed by atoms with Gasteiger partial charge in [0.2, 0.25) is 0 Å². The lowest BCUT2D eigenvalue weighted by Crippen LogP contribution is -2.34. The smallest absolute Gasteiger partial charge is 0.328 e. The summed E-state index contributed by atoms with van der Waals surface area (Å²) in [7, 11) is 0. The number of hydrogen-bond donors (Lipinski definition) is 2. The van der Waals surface area contributed by atoms with Crippen molar-refractivity contribution in [2.45, 2.75) is 51.0 Å². The van der Waals surface area contributed by atoms with Crippen LogP contribution in [0.2, 0.25) is 0 Å². The summed E-state index contributed by atoms with van der Waals surface area (Å²) >= 11 is 1.32. The quantitative estimate of drug-likeness (QED) is 0.834. The van der Waals surface area contributed by atoms with E-state index in [9.17, 15) is 9.59 Å². The molecule has 0 unspecified atom stereocenters. The zero-order valence-electron chi connectivity index (χ0n) is 12.0. The van der Waals surface area contributed by atoms with Crippen LogP contribution in [0.4, 0.5) is 0 Å². The summed E-state index contributed by atoms with van der Waals surface area (Å²) in [6.07, 6.45) is 10.9. The van der Waals surface area contributed by atoms with Gasteiger partial charge in [0, 0.05) is 17.0 Å². The molecule has 4 nitrogen and oxygen atoms in total. The highest BCUT2D eigenvalue weighted by atomic mass is 32.1. The standard InChI is InChI=1S/C16H21NO3S/c18-15(19)11-9-13-8-10-14(21-13)16(20)17-12-6-4-2-1-3-5-7-12/h8-12H,1-7H2,(H,17,20)(H,18,19). The number of thiophene rings is 1. The van der Waals surface area contributed by atoms with E-state index in [1.165, 1.54) is 49.5 Å². The Morgan fingerprint density at radius 1 is 1.14 bits per heavy atom. The van der Waals surface area contributed by atoms with Crippen molar-refractivity contribution < 1.29 is 14.7 Å². The van der Waals surface area contributed by atoms with E-state index in [1.54, 1.807) is 12.1 Å². The number of hydrogen-bond acceptors (Lipinski definition) is 3. The van der Waals surface area contributed by atoms with Crippen molar-refractivity contribution in [2.24, 2.45) is 0 Å². The molecule has 1 aromatic rings. The number of nitrogens with one attached hydrogen (secondary N) is 1. The molecule has 114 valence electrons. The molecule has 0 atom stereocenters. The van der Waals surface area contributed by atoms with E-state index in [4.69, 9.17) is 5.11 Å². The summed E-state index contributed by atoms with van der Waals surface area (Å²) in [6.45, 7) is 0. The average molecular weight is 307 g/mol. The summed E-state index contributed by atoms with van der Waals surface area (Å²) in [4.78, 5) is 24.1. The van der Waals surface area contributed by atoms with E-state index in [0.717, 1.165) is 23.8 Å². The van der Waals surface area contributed by atoms with Gasteiger partial charge >= 0.3 is 5.97 Å². The minimum Gasteiger partial charge on any atom is -0.478 e. The van der Waals surface area contributed by atoms with Crippen molar-refractivity contribution >= 4 is 29.3 Å². The van der Waals surface area contributed by atoms with Crippen LogP contribution in [-0.2, 0) is 4.79 Å². The first-order valence-corrected chi connectivity index (χ1v) is 8.28. The zero-order chi connectivity index (χ0) is 15.1. The molecule has 5 heteroatoms. The van der Waals surface area contributed by atoms with Crippen molar-refractivity contribution in [3.8, 4) is 0 Å². The molecule has 0 bridgehead atoms. The van der Waals surface area contributed by atoms with Gasteiger partial charge in [0.05, 0.1) is 4.88 Å². The maximum atomic E-state index is 12.2. The number of amides is 1. The second-order valence-electron chi connectivity index (χ2n) is 5.39. The number of carboxylic acid groups (broad SMARTS) is 1. The largest absolute Gasteiger partial charge is 0.478 e. The second-order valence-corrected chi connectivity index (χ2v) is 6.50. The van der Waals surface area contributed by atoms with Gasteiger partial charge in [-0.25, -0.2) is 4.79 Å².